The third kappa shape index (κ3) is 7.27. The number of fused-ring (bicyclic) bond motifs is 1. The van der Waals surface area contributed by atoms with E-state index >= 15 is 0 Å². The van der Waals surface area contributed by atoms with Gasteiger partial charge in [-0.1, -0.05) is 43.6 Å². The SMILES string of the molecule is CC(C)C[C@H](NC(=O)c1cc2ccccc2s1)C(=O)NCCCN(C)S(=O)(=O)c1ccc(Cl)cc1. The van der Waals surface area contributed by atoms with Gasteiger partial charge in [0.15, 0.2) is 0 Å². The summed E-state index contributed by atoms with van der Waals surface area (Å²) in [5.41, 5.74) is 0. The Morgan fingerprint density at radius 3 is 2.43 bits per heavy atom. The van der Waals surface area contributed by atoms with Crippen LogP contribution in [0.25, 0.3) is 10.1 Å². The number of sulfonamides is 1. The van der Waals surface area contributed by atoms with E-state index in [-0.39, 0.29) is 35.7 Å². The number of carbonyl (C=O) groups is 2. The van der Waals surface area contributed by atoms with Crippen LogP contribution in [0.2, 0.25) is 5.02 Å². The van der Waals surface area contributed by atoms with Crippen molar-refractivity contribution >= 4 is 54.9 Å². The van der Waals surface area contributed by atoms with Gasteiger partial charge in [0.05, 0.1) is 9.77 Å². The monoisotopic (exact) mass is 535 g/mol. The van der Waals surface area contributed by atoms with Crippen molar-refractivity contribution in [1.29, 1.82) is 0 Å². The molecule has 35 heavy (non-hydrogen) atoms. The molecule has 3 aromatic rings. The fourth-order valence-corrected chi connectivity index (χ4v) is 5.87. The molecule has 2 N–H and O–H groups in total. The van der Waals surface area contributed by atoms with E-state index in [1.807, 2.05) is 44.2 Å². The highest BCUT2D eigenvalue weighted by molar-refractivity contribution is 7.89. The molecule has 10 heteroatoms. The predicted molar refractivity (Wildman–Crippen MR) is 141 cm³/mol. The lowest BCUT2D eigenvalue weighted by Crippen LogP contribution is -2.47. The molecule has 0 aliphatic heterocycles. The molecule has 3 rings (SSSR count). The van der Waals surface area contributed by atoms with Gasteiger partial charge in [-0.15, -0.1) is 11.3 Å². The first kappa shape index (κ1) is 27.1. The first-order valence-corrected chi connectivity index (χ1v) is 14.0. The van der Waals surface area contributed by atoms with Crippen LogP contribution in [0.3, 0.4) is 0 Å². The maximum absolute atomic E-state index is 12.8. The number of hydrogen-bond acceptors (Lipinski definition) is 5. The van der Waals surface area contributed by atoms with Crippen LogP contribution in [0.5, 0.6) is 0 Å². The van der Waals surface area contributed by atoms with Crippen LogP contribution in [0.15, 0.2) is 59.5 Å². The fourth-order valence-electron chi connectivity index (χ4n) is 3.57. The van der Waals surface area contributed by atoms with E-state index < -0.39 is 16.1 Å². The molecule has 0 fully saturated rings. The van der Waals surface area contributed by atoms with Gasteiger partial charge in [0.1, 0.15) is 6.04 Å². The molecular formula is C25H30ClN3O4S2. The van der Waals surface area contributed by atoms with E-state index in [1.54, 1.807) is 0 Å². The van der Waals surface area contributed by atoms with Crippen LogP contribution in [-0.2, 0) is 14.8 Å². The molecule has 1 aromatic heterocycles. The quantitative estimate of drug-likeness (QED) is 0.353. The molecule has 0 saturated carbocycles. The van der Waals surface area contributed by atoms with Crippen molar-refractivity contribution in [3.63, 3.8) is 0 Å². The van der Waals surface area contributed by atoms with Gasteiger partial charge in [-0.3, -0.25) is 9.59 Å². The van der Waals surface area contributed by atoms with Gasteiger partial charge in [0.25, 0.3) is 5.91 Å². The molecule has 0 spiro atoms. The van der Waals surface area contributed by atoms with Gasteiger partial charge < -0.3 is 10.6 Å². The summed E-state index contributed by atoms with van der Waals surface area (Å²) in [6, 6.07) is 14.9. The maximum Gasteiger partial charge on any atom is 0.262 e. The lowest BCUT2D eigenvalue weighted by atomic mass is 10.0. The molecule has 7 nitrogen and oxygen atoms in total. The van der Waals surface area contributed by atoms with Gasteiger partial charge in [0, 0.05) is 29.9 Å². The minimum Gasteiger partial charge on any atom is -0.354 e. The predicted octanol–water partition coefficient (Wildman–Crippen LogP) is 4.53. The summed E-state index contributed by atoms with van der Waals surface area (Å²) in [7, 11) is -2.14. The van der Waals surface area contributed by atoms with Gasteiger partial charge in [-0.05, 0) is 60.5 Å². The molecule has 2 amide bonds. The van der Waals surface area contributed by atoms with Crippen molar-refractivity contribution in [3.05, 3.63) is 64.5 Å². The van der Waals surface area contributed by atoms with Crippen LogP contribution in [0.1, 0.15) is 36.4 Å². The number of nitrogens with one attached hydrogen (secondary N) is 2. The van der Waals surface area contributed by atoms with Crippen molar-refractivity contribution in [2.45, 2.75) is 37.6 Å². The molecule has 0 unspecified atom stereocenters. The van der Waals surface area contributed by atoms with E-state index in [2.05, 4.69) is 10.6 Å². The average molecular weight is 536 g/mol. The third-order valence-corrected chi connectivity index (χ3v) is 8.69. The highest BCUT2D eigenvalue weighted by Gasteiger charge is 2.24. The summed E-state index contributed by atoms with van der Waals surface area (Å²) in [5.74, 6) is -0.360. The van der Waals surface area contributed by atoms with Crippen molar-refractivity contribution in [2.75, 3.05) is 20.1 Å². The van der Waals surface area contributed by atoms with E-state index in [0.717, 1.165) is 10.1 Å². The van der Waals surface area contributed by atoms with E-state index in [1.165, 1.54) is 47.0 Å². The number of nitrogens with zero attached hydrogens (tertiary/aromatic N) is 1. The number of carbonyl (C=O) groups excluding carboxylic acids is 2. The topological polar surface area (TPSA) is 95.6 Å². The second kappa shape index (κ2) is 12.0. The molecule has 0 saturated heterocycles. The van der Waals surface area contributed by atoms with Gasteiger partial charge in [0.2, 0.25) is 15.9 Å². The fraction of sp³-hybridized carbons (Fsp3) is 0.360. The van der Waals surface area contributed by atoms with Crippen LogP contribution >= 0.6 is 22.9 Å². The number of rotatable bonds is 11. The van der Waals surface area contributed by atoms with E-state index in [4.69, 9.17) is 11.6 Å². The smallest absolute Gasteiger partial charge is 0.262 e. The zero-order chi connectivity index (χ0) is 25.6. The van der Waals surface area contributed by atoms with E-state index in [9.17, 15) is 18.0 Å². The summed E-state index contributed by atoms with van der Waals surface area (Å²) in [6.07, 6.45) is 0.918. The first-order valence-electron chi connectivity index (χ1n) is 11.4. The van der Waals surface area contributed by atoms with Crippen molar-refractivity contribution in [1.82, 2.24) is 14.9 Å². The van der Waals surface area contributed by atoms with Gasteiger partial charge in [-0.2, -0.15) is 0 Å². The van der Waals surface area contributed by atoms with Gasteiger partial charge >= 0.3 is 0 Å². The molecule has 1 heterocycles. The number of halogens is 1. The number of benzene rings is 2. The minimum absolute atomic E-state index is 0.161. The van der Waals surface area contributed by atoms with Crippen LogP contribution in [0.4, 0.5) is 0 Å². The second-order valence-electron chi connectivity index (χ2n) is 8.73. The zero-order valence-corrected chi connectivity index (χ0v) is 22.3. The molecule has 0 bridgehead atoms. The minimum atomic E-state index is -3.64. The third-order valence-electron chi connectivity index (χ3n) is 5.45. The van der Waals surface area contributed by atoms with Crippen LogP contribution < -0.4 is 10.6 Å². The van der Waals surface area contributed by atoms with Crippen LogP contribution in [-0.4, -0.2) is 50.7 Å². The molecule has 1 atom stereocenters. The molecule has 0 aliphatic carbocycles. The summed E-state index contributed by atoms with van der Waals surface area (Å²) in [4.78, 5) is 26.4. The average Bonchev–Trinajstić information content (AvgIpc) is 3.25. The Balaban J connectivity index is 1.54. The first-order chi connectivity index (χ1) is 16.6. The lowest BCUT2D eigenvalue weighted by molar-refractivity contribution is -0.123. The molecule has 2 aromatic carbocycles. The Labute approximate surface area is 215 Å². The van der Waals surface area contributed by atoms with E-state index in [0.29, 0.717) is 22.7 Å². The Hall–Kier alpha value is -2.46. The normalized spacial score (nSPS) is 12.7. The molecule has 0 radical (unpaired) electrons. The highest BCUT2D eigenvalue weighted by Crippen LogP contribution is 2.25. The maximum atomic E-state index is 12.8. The summed E-state index contributed by atoms with van der Waals surface area (Å²) in [5, 5.41) is 7.16. The summed E-state index contributed by atoms with van der Waals surface area (Å²) >= 11 is 7.23. The van der Waals surface area contributed by atoms with Crippen molar-refractivity contribution < 1.29 is 18.0 Å². The van der Waals surface area contributed by atoms with Crippen molar-refractivity contribution in [2.24, 2.45) is 5.92 Å². The summed E-state index contributed by atoms with van der Waals surface area (Å²) in [6.45, 7) is 4.49. The number of hydrogen-bond donors (Lipinski definition) is 2. The zero-order valence-electron chi connectivity index (χ0n) is 20.0. The Kier molecular flexibility index (Phi) is 9.29. The van der Waals surface area contributed by atoms with Crippen molar-refractivity contribution in [3.8, 4) is 0 Å². The Morgan fingerprint density at radius 2 is 1.77 bits per heavy atom. The van der Waals surface area contributed by atoms with Crippen LogP contribution in [0, 0.1) is 5.92 Å². The molecular weight excluding hydrogens is 506 g/mol. The lowest BCUT2D eigenvalue weighted by Gasteiger charge is -2.21. The molecule has 0 aliphatic rings. The molecule has 188 valence electrons. The standard InChI is InChI=1S/C25H30ClN3O4S2/c1-17(2)15-21(28-25(31)23-16-18-7-4-5-8-22(18)34-23)24(30)27-13-6-14-29(3)35(32,33)20-11-9-19(26)10-12-20/h4-5,7-12,16-17,21H,6,13-15H2,1-3H3,(H,27,30)(H,28,31)/t21-/m0/s1. The Morgan fingerprint density at radius 1 is 1.09 bits per heavy atom. The van der Waals surface area contributed by atoms with Gasteiger partial charge in [-0.25, -0.2) is 12.7 Å². The number of thiophene rings is 1. The Bertz CT molecular complexity index is 1240. The number of amides is 2. The second-order valence-corrected chi connectivity index (χ2v) is 12.3. The largest absolute Gasteiger partial charge is 0.354 e. The highest BCUT2D eigenvalue weighted by atomic mass is 35.5. The summed E-state index contributed by atoms with van der Waals surface area (Å²) < 4.78 is 27.6.